The lowest BCUT2D eigenvalue weighted by atomic mass is 9.84. The van der Waals surface area contributed by atoms with Crippen LogP contribution >= 0.6 is 11.9 Å². The van der Waals surface area contributed by atoms with E-state index in [0.29, 0.717) is 5.56 Å². The number of likely N-dealkylation sites (N-methyl/N-ethyl adjacent to an activating group) is 1. The van der Waals surface area contributed by atoms with E-state index in [0.717, 1.165) is 41.0 Å². The van der Waals surface area contributed by atoms with Gasteiger partial charge in [0, 0.05) is 63.7 Å². The highest BCUT2D eigenvalue weighted by Gasteiger charge is 2.23. The minimum absolute atomic E-state index is 0.00492. The molecule has 2 aromatic heterocycles. The number of amides is 1. The molecule has 1 amide bonds. The number of benzene rings is 5. The van der Waals surface area contributed by atoms with Crippen molar-refractivity contribution in [1.29, 1.82) is 0 Å². The molecule has 46 heavy (non-hydrogen) atoms. The number of rotatable bonds is 11. The number of fused-ring (bicyclic) bond motifs is 2. The summed E-state index contributed by atoms with van der Waals surface area (Å²) in [4.78, 5) is 23.4. The van der Waals surface area contributed by atoms with Crippen molar-refractivity contribution in [3.05, 3.63) is 173 Å². The van der Waals surface area contributed by atoms with E-state index in [4.69, 9.17) is 0 Å². The molecule has 0 aliphatic carbocycles. The first-order valence-corrected chi connectivity index (χ1v) is 16.4. The summed E-state index contributed by atoms with van der Waals surface area (Å²) < 4.78 is 3.02. The summed E-state index contributed by atoms with van der Waals surface area (Å²) in [5.41, 5.74) is 9.00. The molecule has 6 heteroatoms. The van der Waals surface area contributed by atoms with Gasteiger partial charge in [-0.25, -0.2) is 0 Å². The van der Waals surface area contributed by atoms with Crippen molar-refractivity contribution < 1.29 is 4.79 Å². The van der Waals surface area contributed by atoms with E-state index in [2.05, 4.69) is 154 Å². The molecule has 228 valence electrons. The molecule has 0 bridgehead atoms. The van der Waals surface area contributed by atoms with Gasteiger partial charge in [-0.2, -0.15) is 0 Å². The molecule has 0 fully saturated rings. The van der Waals surface area contributed by atoms with Gasteiger partial charge in [0.25, 0.3) is 5.91 Å². The van der Waals surface area contributed by atoms with Gasteiger partial charge in [0.1, 0.15) is 0 Å². The largest absolute Gasteiger partial charge is 0.361 e. The number of aromatic amines is 2. The topological polar surface area (TPSA) is 63.9 Å². The molecular formula is C40H36N4OS. The lowest BCUT2D eigenvalue weighted by Gasteiger charge is -2.18. The number of hydrogen-bond acceptors (Lipinski definition) is 3. The van der Waals surface area contributed by atoms with Crippen LogP contribution in [0, 0.1) is 0 Å². The number of hydrogen-bond donors (Lipinski definition) is 3. The van der Waals surface area contributed by atoms with Gasteiger partial charge in [0.05, 0.1) is 0 Å². The van der Waals surface area contributed by atoms with Crippen LogP contribution in [-0.2, 0) is 13.0 Å². The third kappa shape index (κ3) is 6.50. The van der Waals surface area contributed by atoms with Crippen LogP contribution in [0.2, 0.25) is 0 Å². The van der Waals surface area contributed by atoms with Crippen molar-refractivity contribution in [2.75, 3.05) is 13.6 Å². The minimum atomic E-state index is -0.114. The molecule has 0 atom stereocenters. The normalized spacial score (nSPS) is 11.5. The molecule has 7 aromatic rings. The molecule has 0 unspecified atom stereocenters. The molecule has 0 radical (unpaired) electrons. The molecule has 0 saturated carbocycles. The van der Waals surface area contributed by atoms with E-state index >= 15 is 0 Å². The number of para-hydroxylation sites is 2. The second kappa shape index (κ2) is 13.5. The summed E-state index contributed by atoms with van der Waals surface area (Å²) in [6.07, 6.45) is 5.26. The van der Waals surface area contributed by atoms with Crippen molar-refractivity contribution in [3.8, 4) is 0 Å². The SMILES string of the molecule is CN(CCc1ccccc1)Cc1ccc(SNC(=O)c2ccc(C(c3c[nH]c4ccccc34)c3c[nH]c4ccccc34)cc2)cc1. The minimum Gasteiger partial charge on any atom is -0.361 e. The smallest absolute Gasteiger partial charge is 0.261 e. The highest BCUT2D eigenvalue weighted by molar-refractivity contribution is 7.98. The standard InChI is InChI=1S/C40H36N4OS/c1-44(24-23-28-9-3-2-4-10-28)27-29-15-21-32(22-16-29)46-43-40(45)31-19-17-30(18-20-31)39(35-25-41-37-13-7-5-11-33(35)37)36-26-42-38-14-8-6-12-34(36)38/h2-22,25-26,39,41-42H,23-24,27H2,1H3,(H,43,45). The Kier molecular flexibility index (Phi) is 8.72. The van der Waals surface area contributed by atoms with Gasteiger partial charge in [-0.15, -0.1) is 0 Å². The zero-order valence-corrected chi connectivity index (χ0v) is 26.6. The lowest BCUT2D eigenvalue weighted by molar-refractivity contribution is 0.0984. The van der Waals surface area contributed by atoms with Gasteiger partial charge in [-0.3, -0.25) is 9.52 Å². The van der Waals surface area contributed by atoms with Crippen LogP contribution in [0.15, 0.2) is 145 Å². The monoisotopic (exact) mass is 620 g/mol. The van der Waals surface area contributed by atoms with Crippen molar-refractivity contribution in [3.63, 3.8) is 0 Å². The second-order valence-electron chi connectivity index (χ2n) is 11.8. The maximum absolute atomic E-state index is 13.2. The van der Waals surface area contributed by atoms with E-state index in [1.54, 1.807) is 0 Å². The van der Waals surface area contributed by atoms with Gasteiger partial charge in [-0.05, 0) is 89.6 Å². The Morgan fingerprint density at radius 2 is 1.28 bits per heavy atom. The third-order valence-electron chi connectivity index (χ3n) is 8.63. The Labute approximate surface area is 273 Å². The molecule has 5 nitrogen and oxygen atoms in total. The molecule has 0 aliphatic rings. The fraction of sp³-hybridized carbons (Fsp3) is 0.125. The van der Waals surface area contributed by atoms with E-state index in [-0.39, 0.29) is 11.8 Å². The zero-order valence-electron chi connectivity index (χ0n) is 25.7. The van der Waals surface area contributed by atoms with E-state index in [1.165, 1.54) is 45.0 Å². The van der Waals surface area contributed by atoms with Crippen molar-refractivity contribution >= 4 is 39.7 Å². The Morgan fingerprint density at radius 1 is 0.696 bits per heavy atom. The number of nitrogens with zero attached hydrogens (tertiary/aromatic N) is 1. The first-order valence-electron chi connectivity index (χ1n) is 15.6. The first-order chi connectivity index (χ1) is 22.6. The summed E-state index contributed by atoms with van der Waals surface area (Å²) in [7, 11) is 2.15. The molecule has 3 N–H and O–H groups in total. The summed E-state index contributed by atoms with van der Waals surface area (Å²) in [5.74, 6) is -0.119. The van der Waals surface area contributed by atoms with Gasteiger partial charge in [0.15, 0.2) is 0 Å². The quantitative estimate of drug-likeness (QED) is 0.127. The van der Waals surface area contributed by atoms with Crippen LogP contribution in [0.4, 0.5) is 0 Å². The van der Waals surface area contributed by atoms with Crippen LogP contribution in [0.5, 0.6) is 0 Å². The fourth-order valence-electron chi connectivity index (χ4n) is 6.20. The maximum atomic E-state index is 13.2. The molecule has 2 heterocycles. The number of carbonyl (C=O) groups excluding carboxylic acids is 1. The average Bonchev–Trinajstić information content (AvgIpc) is 3.73. The molecule has 0 saturated heterocycles. The third-order valence-corrected chi connectivity index (χ3v) is 9.43. The summed E-state index contributed by atoms with van der Waals surface area (Å²) in [5, 5.41) is 2.39. The van der Waals surface area contributed by atoms with Gasteiger partial charge in [-0.1, -0.05) is 91.0 Å². The fourth-order valence-corrected chi connectivity index (χ4v) is 6.80. The van der Waals surface area contributed by atoms with E-state index in [1.807, 2.05) is 12.1 Å². The first kappa shape index (κ1) is 29.7. The van der Waals surface area contributed by atoms with Crippen LogP contribution in [0.25, 0.3) is 21.8 Å². The second-order valence-corrected chi connectivity index (χ2v) is 12.7. The molecule has 0 aliphatic heterocycles. The highest BCUT2D eigenvalue weighted by atomic mass is 32.2. The molecule has 0 spiro atoms. The Balaban J connectivity index is 1.02. The zero-order chi connectivity index (χ0) is 31.3. The van der Waals surface area contributed by atoms with E-state index in [9.17, 15) is 4.79 Å². The van der Waals surface area contributed by atoms with Crippen molar-refractivity contribution in [2.45, 2.75) is 23.8 Å². The van der Waals surface area contributed by atoms with Crippen LogP contribution in [-0.4, -0.2) is 34.4 Å². The Morgan fingerprint density at radius 3 is 1.91 bits per heavy atom. The Bertz CT molecular complexity index is 1990. The number of nitrogens with one attached hydrogen (secondary N) is 3. The lowest BCUT2D eigenvalue weighted by Crippen LogP contribution is -2.20. The van der Waals surface area contributed by atoms with Gasteiger partial charge >= 0.3 is 0 Å². The maximum Gasteiger partial charge on any atom is 0.261 e. The summed E-state index contributed by atoms with van der Waals surface area (Å²) >= 11 is 1.35. The van der Waals surface area contributed by atoms with Crippen molar-refractivity contribution in [2.24, 2.45) is 0 Å². The summed E-state index contributed by atoms with van der Waals surface area (Å²) in [6.45, 7) is 1.88. The molecular weight excluding hydrogens is 585 g/mol. The predicted molar refractivity (Wildman–Crippen MR) is 190 cm³/mol. The molecule has 5 aromatic carbocycles. The van der Waals surface area contributed by atoms with Crippen molar-refractivity contribution in [1.82, 2.24) is 19.6 Å². The average molecular weight is 621 g/mol. The van der Waals surface area contributed by atoms with Gasteiger partial charge in [0.2, 0.25) is 0 Å². The number of H-pyrrole nitrogens is 2. The van der Waals surface area contributed by atoms with E-state index < -0.39 is 0 Å². The predicted octanol–water partition coefficient (Wildman–Crippen LogP) is 8.94. The molecule has 7 rings (SSSR count). The summed E-state index contributed by atoms with van der Waals surface area (Å²) in [6, 6.07) is 43.8. The highest BCUT2D eigenvalue weighted by Crippen LogP contribution is 2.39. The number of aromatic nitrogens is 2. The van der Waals surface area contributed by atoms with Gasteiger partial charge < -0.3 is 14.9 Å². The number of carbonyl (C=O) groups is 1. The van der Waals surface area contributed by atoms with Crippen LogP contribution in [0.3, 0.4) is 0 Å². The Hall–Kier alpha value is -5.04. The van der Waals surface area contributed by atoms with Crippen LogP contribution < -0.4 is 4.72 Å². The van der Waals surface area contributed by atoms with Crippen LogP contribution in [0.1, 0.15) is 44.1 Å².